The average molecular weight is 267 g/mol. The van der Waals surface area contributed by atoms with Gasteiger partial charge in [0.05, 0.1) is 11.0 Å². The summed E-state index contributed by atoms with van der Waals surface area (Å²) >= 11 is 0. The highest BCUT2D eigenvalue weighted by Gasteiger charge is 2.11. The van der Waals surface area contributed by atoms with E-state index in [1.165, 1.54) is 0 Å². The molecule has 2 aromatic carbocycles. The molecule has 0 aliphatic rings. The van der Waals surface area contributed by atoms with Gasteiger partial charge in [0.15, 0.2) is 0 Å². The van der Waals surface area contributed by atoms with E-state index in [4.69, 9.17) is 5.11 Å². The number of nitrogens with one attached hydrogen (secondary N) is 1. The first-order chi connectivity index (χ1) is 9.90. The van der Waals surface area contributed by atoms with Gasteiger partial charge in [-0.25, -0.2) is 4.98 Å². The molecule has 3 aromatic rings. The van der Waals surface area contributed by atoms with Crippen molar-refractivity contribution in [2.45, 2.75) is 6.42 Å². The molecule has 1 aromatic heterocycles. The van der Waals surface area contributed by atoms with E-state index in [0.29, 0.717) is 13.0 Å². The quantitative estimate of drug-likeness (QED) is 0.699. The molecular formula is C16H17N3O. The highest BCUT2D eigenvalue weighted by molar-refractivity contribution is 5.81. The van der Waals surface area contributed by atoms with Crippen molar-refractivity contribution in [1.29, 1.82) is 0 Å². The number of nitrogens with zero attached hydrogens (tertiary/aromatic N) is 2. The minimum atomic E-state index is 0.179. The molecule has 0 radical (unpaired) electrons. The molecule has 4 nitrogen and oxygen atoms in total. The molecule has 20 heavy (non-hydrogen) atoms. The molecule has 0 amide bonds. The maximum Gasteiger partial charge on any atom is 0.208 e. The third-order valence-corrected chi connectivity index (χ3v) is 3.19. The number of fused-ring (bicyclic) bond motifs is 1. The molecule has 0 bridgehead atoms. The summed E-state index contributed by atoms with van der Waals surface area (Å²) in [6.45, 7) is 0.880. The van der Waals surface area contributed by atoms with E-state index in [9.17, 15) is 0 Å². The van der Waals surface area contributed by atoms with Gasteiger partial charge in [-0.2, -0.15) is 0 Å². The Labute approximate surface area is 117 Å². The lowest BCUT2D eigenvalue weighted by Gasteiger charge is -2.10. The maximum absolute atomic E-state index is 8.90. The smallest absolute Gasteiger partial charge is 0.208 e. The summed E-state index contributed by atoms with van der Waals surface area (Å²) in [4.78, 5) is 4.63. The predicted molar refractivity (Wildman–Crippen MR) is 81.3 cm³/mol. The van der Waals surface area contributed by atoms with Crippen molar-refractivity contribution in [2.75, 3.05) is 18.5 Å². The van der Waals surface area contributed by atoms with E-state index in [-0.39, 0.29) is 6.61 Å². The van der Waals surface area contributed by atoms with Gasteiger partial charge in [0.2, 0.25) is 5.95 Å². The maximum atomic E-state index is 8.90. The summed E-state index contributed by atoms with van der Waals surface area (Å²) in [7, 11) is 0. The molecule has 0 unspecified atom stereocenters. The molecule has 4 heteroatoms. The Bertz CT molecular complexity index is 691. The van der Waals surface area contributed by atoms with Gasteiger partial charge in [0.25, 0.3) is 0 Å². The Morgan fingerprint density at radius 2 is 1.75 bits per heavy atom. The van der Waals surface area contributed by atoms with Gasteiger partial charge in [0, 0.05) is 18.8 Å². The molecular weight excluding hydrogens is 250 g/mol. The van der Waals surface area contributed by atoms with Crippen LogP contribution in [-0.2, 0) is 0 Å². The lowest BCUT2D eigenvalue weighted by molar-refractivity contribution is 0.292. The van der Waals surface area contributed by atoms with Gasteiger partial charge in [0.1, 0.15) is 0 Å². The number of benzene rings is 2. The van der Waals surface area contributed by atoms with Crippen LogP contribution in [0.15, 0.2) is 54.6 Å². The van der Waals surface area contributed by atoms with Crippen LogP contribution in [0.2, 0.25) is 0 Å². The standard InChI is InChI=1S/C16H17N3O/c20-12-6-11-17-16-18-14-9-4-5-10-15(14)19(16)13-7-2-1-3-8-13/h1-5,7-10,20H,6,11-12H2,(H,17,18). The number of aliphatic hydroxyl groups excluding tert-OH is 1. The van der Waals surface area contributed by atoms with E-state index >= 15 is 0 Å². The Morgan fingerprint density at radius 3 is 2.55 bits per heavy atom. The zero-order chi connectivity index (χ0) is 13.8. The molecule has 0 atom stereocenters. The number of para-hydroxylation sites is 3. The number of hydrogen-bond donors (Lipinski definition) is 2. The lowest BCUT2D eigenvalue weighted by Crippen LogP contribution is -2.08. The molecule has 3 rings (SSSR count). The van der Waals surface area contributed by atoms with Crippen LogP contribution in [0.4, 0.5) is 5.95 Å². The van der Waals surface area contributed by atoms with E-state index in [1.54, 1.807) is 0 Å². The second kappa shape index (κ2) is 5.75. The highest BCUT2D eigenvalue weighted by atomic mass is 16.3. The zero-order valence-corrected chi connectivity index (χ0v) is 11.2. The van der Waals surface area contributed by atoms with Crippen LogP contribution >= 0.6 is 0 Å². The van der Waals surface area contributed by atoms with Crippen LogP contribution < -0.4 is 5.32 Å². The van der Waals surface area contributed by atoms with Crippen molar-refractivity contribution in [3.8, 4) is 5.69 Å². The topological polar surface area (TPSA) is 50.1 Å². The van der Waals surface area contributed by atoms with Crippen LogP contribution in [0.5, 0.6) is 0 Å². The predicted octanol–water partition coefficient (Wildman–Crippen LogP) is 2.82. The van der Waals surface area contributed by atoms with Crippen molar-refractivity contribution < 1.29 is 5.11 Å². The summed E-state index contributed by atoms with van der Waals surface area (Å²) in [5.41, 5.74) is 3.11. The first-order valence-electron chi connectivity index (χ1n) is 6.78. The van der Waals surface area contributed by atoms with Gasteiger partial charge in [-0.05, 0) is 30.7 Å². The number of aromatic nitrogens is 2. The zero-order valence-electron chi connectivity index (χ0n) is 11.2. The Morgan fingerprint density at radius 1 is 1.00 bits per heavy atom. The molecule has 0 saturated heterocycles. The number of imidazole rings is 1. The second-order valence-corrected chi connectivity index (χ2v) is 4.60. The Balaban J connectivity index is 2.09. The number of hydrogen-bond acceptors (Lipinski definition) is 3. The van der Waals surface area contributed by atoms with Crippen LogP contribution in [0, 0.1) is 0 Å². The number of rotatable bonds is 5. The largest absolute Gasteiger partial charge is 0.396 e. The van der Waals surface area contributed by atoms with Crippen molar-refractivity contribution >= 4 is 17.0 Å². The van der Waals surface area contributed by atoms with E-state index in [2.05, 4.69) is 33.1 Å². The van der Waals surface area contributed by atoms with Crippen LogP contribution in [0.1, 0.15) is 6.42 Å². The molecule has 0 spiro atoms. The highest BCUT2D eigenvalue weighted by Crippen LogP contribution is 2.24. The summed E-state index contributed by atoms with van der Waals surface area (Å²) in [5, 5.41) is 12.2. The first kappa shape index (κ1) is 12.7. The van der Waals surface area contributed by atoms with Gasteiger partial charge in [-0.15, -0.1) is 0 Å². The monoisotopic (exact) mass is 267 g/mol. The fourth-order valence-electron chi connectivity index (χ4n) is 2.26. The molecule has 1 heterocycles. The SMILES string of the molecule is OCCCNc1nc2ccccc2n1-c1ccccc1. The minimum absolute atomic E-state index is 0.179. The van der Waals surface area contributed by atoms with Crippen molar-refractivity contribution in [3.63, 3.8) is 0 Å². The lowest BCUT2D eigenvalue weighted by atomic mass is 10.3. The van der Waals surface area contributed by atoms with Crippen molar-refractivity contribution in [2.24, 2.45) is 0 Å². The average Bonchev–Trinajstić information content (AvgIpc) is 2.86. The van der Waals surface area contributed by atoms with Crippen molar-refractivity contribution in [1.82, 2.24) is 9.55 Å². The Kier molecular flexibility index (Phi) is 3.65. The van der Waals surface area contributed by atoms with Gasteiger partial charge >= 0.3 is 0 Å². The normalized spacial score (nSPS) is 10.8. The van der Waals surface area contributed by atoms with Crippen LogP contribution in [0.3, 0.4) is 0 Å². The number of aliphatic hydroxyl groups is 1. The third kappa shape index (κ3) is 2.38. The summed E-state index contributed by atoms with van der Waals surface area (Å²) < 4.78 is 2.10. The van der Waals surface area contributed by atoms with Crippen LogP contribution in [0.25, 0.3) is 16.7 Å². The van der Waals surface area contributed by atoms with Gasteiger partial charge in [-0.1, -0.05) is 30.3 Å². The molecule has 0 aliphatic heterocycles. The van der Waals surface area contributed by atoms with Gasteiger partial charge in [-0.3, -0.25) is 4.57 Å². The number of anilines is 1. The van der Waals surface area contributed by atoms with E-state index in [0.717, 1.165) is 22.7 Å². The van der Waals surface area contributed by atoms with Crippen LogP contribution in [-0.4, -0.2) is 27.8 Å². The fourth-order valence-corrected chi connectivity index (χ4v) is 2.26. The molecule has 0 fully saturated rings. The van der Waals surface area contributed by atoms with Crippen molar-refractivity contribution in [3.05, 3.63) is 54.6 Å². The van der Waals surface area contributed by atoms with E-state index < -0.39 is 0 Å². The third-order valence-electron chi connectivity index (χ3n) is 3.19. The minimum Gasteiger partial charge on any atom is -0.396 e. The first-order valence-corrected chi connectivity index (χ1v) is 6.78. The summed E-state index contributed by atoms with van der Waals surface area (Å²) in [5.74, 6) is 0.811. The molecule has 0 saturated carbocycles. The Hall–Kier alpha value is -2.33. The van der Waals surface area contributed by atoms with Gasteiger partial charge < -0.3 is 10.4 Å². The molecule has 2 N–H and O–H groups in total. The molecule has 102 valence electrons. The summed E-state index contributed by atoms with van der Waals surface area (Å²) in [6.07, 6.45) is 0.706. The molecule has 0 aliphatic carbocycles. The second-order valence-electron chi connectivity index (χ2n) is 4.60. The summed E-state index contributed by atoms with van der Waals surface area (Å²) in [6, 6.07) is 18.2. The fraction of sp³-hybridized carbons (Fsp3) is 0.188. The van der Waals surface area contributed by atoms with E-state index in [1.807, 2.05) is 36.4 Å².